The number of carbonyl (C=O) groups is 1. The van der Waals surface area contributed by atoms with Crippen LogP contribution in [-0.2, 0) is 11.3 Å². The van der Waals surface area contributed by atoms with E-state index in [1.807, 2.05) is 0 Å². The van der Waals surface area contributed by atoms with Crippen LogP contribution in [0.5, 0.6) is 23.0 Å². The average molecular weight is 878 g/mol. The van der Waals surface area contributed by atoms with E-state index in [-0.39, 0.29) is 49.3 Å². The smallest absolute Gasteiger partial charge is 0.395 e. The standard InChI is InChI=1S/C20H12F4N2O3.C20H14F4N2O2.C4H8O.B/c1-10-7-15-16(29-20(23,24)28-15)8-12(10)11-5-6-17(25-9-11)26-19(27)18-13(21)3-2-4-14(18)22;1-11-7-17-18(28-20(23,24)27-17)8-13(11)12-5-6-19(25-9-12)26-10-14-15(21)3-2-4-16(14)22;1-2-4-5-3-1;/h2-9H,1H3,(H,25,26,27);2-9H,10H2,1H3,(H,25,26);1-4H2;. The zero-order valence-electron chi connectivity index (χ0n) is 33.2. The fourth-order valence-electron chi connectivity index (χ4n) is 6.39. The minimum Gasteiger partial charge on any atom is -0.395 e. The molecule has 3 aliphatic heterocycles. The summed E-state index contributed by atoms with van der Waals surface area (Å²) in [5, 5.41) is 5.17. The number of carbonyl (C=O) groups excluding carboxylic acids is 1. The van der Waals surface area contributed by atoms with Crippen molar-refractivity contribution >= 4 is 26.0 Å². The highest BCUT2D eigenvalue weighted by molar-refractivity contribution is 6.04. The lowest BCUT2D eigenvalue weighted by molar-refractivity contribution is -0.287. The molecule has 5 heterocycles. The number of hydrogen-bond acceptors (Lipinski definition) is 9. The fourth-order valence-corrected chi connectivity index (χ4v) is 6.39. The van der Waals surface area contributed by atoms with Crippen molar-refractivity contribution in [3.05, 3.63) is 143 Å². The Kier molecular flexibility index (Phi) is 13.8. The lowest BCUT2D eigenvalue weighted by Gasteiger charge is -2.10. The number of amides is 1. The summed E-state index contributed by atoms with van der Waals surface area (Å²) < 4.78 is 130. The molecule has 10 nitrogen and oxygen atoms in total. The van der Waals surface area contributed by atoms with Gasteiger partial charge in [0.25, 0.3) is 5.91 Å². The largest absolute Gasteiger partial charge is 0.586 e. The first kappa shape index (κ1) is 45.6. The van der Waals surface area contributed by atoms with Crippen molar-refractivity contribution < 1.29 is 63.6 Å². The number of pyridine rings is 2. The van der Waals surface area contributed by atoms with Crippen LogP contribution in [0.3, 0.4) is 0 Å². The highest BCUT2D eigenvalue weighted by Gasteiger charge is 2.44. The van der Waals surface area contributed by atoms with Gasteiger partial charge in [0.1, 0.15) is 40.5 Å². The van der Waals surface area contributed by atoms with E-state index in [0.717, 1.165) is 31.4 Å². The quantitative estimate of drug-likeness (QED) is 0.120. The normalized spacial score (nSPS) is 14.6. The highest BCUT2D eigenvalue weighted by Crippen LogP contribution is 2.46. The molecule has 1 saturated heterocycles. The van der Waals surface area contributed by atoms with Gasteiger partial charge in [-0.3, -0.25) is 4.79 Å². The second kappa shape index (κ2) is 19.0. The molecule has 0 bridgehead atoms. The van der Waals surface area contributed by atoms with E-state index in [9.17, 15) is 39.9 Å². The minimum atomic E-state index is -3.72. The Balaban J connectivity index is 0.000000186. The van der Waals surface area contributed by atoms with Crippen LogP contribution in [0, 0.1) is 37.1 Å². The van der Waals surface area contributed by atoms with Crippen molar-refractivity contribution in [2.75, 3.05) is 23.8 Å². The third-order valence-electron chi connectivity index (χ3n) is 9.41. The molecule has 0 spiro atoms. The summed E-state index contributed by atoms with van der Waals surface area (Å²) >= 11 is 0. The molecule has 0 unspecified atom stereocenters. The van der Waals surface area contributed by atoms with Crippen LogP contribution < -0.4 is 29.6 Å². The Morgan fingerprint density at radius 2 is 1.05 bits per heavy atom. The van der Waals surface area contributed by atoms with E-state index in [1.165, 1.54) is 73.8 Å². The fraction of sp³-hybridized carbons (Fsp3) is 0.205. The monoisotopic (exact) mass is 877 g/mol. The van der Waals surface area contributed by atoms with E-state index in [1.54, 1.807) is 32.0 Å². The first-order chi connectivity index (χ1) is 29.6. The number of rotatable bonds is 7. The van der Waals surface area contributed by atoms with E-state index < -0.39 is 47.3 Å². The first-order valence-electron chi connectivity index (χ1n) is 18.8. The second-order valence-electron chi connectivity index (χ2n) is 13.9. The minimum absolute atomic E-state index is 0. The van der Waals surface area contributed by atoms with Gasteiger partial charge in [0.05, 0.1) is 0 Å². The van der Waals surface area contributed by atoms with Crippen molar-refractivity contribution in [1.29, 1.82) is 0 Å². The molecular weight excluding hydrogens is 843 g/mol. The Morgan fingerprint density at radius 3 is 1.46 bits per heavy atom. The van der Waals surface area contributed by atoms with E-state index in [4.69, 9.17) is 4.74 Å². The molecule has 3 aliphatic rings. The molecule has 4 aromatic carbocycles. The van der Waals surface area contributed by atoms with Crippen LogP contribution in [0.4, 0.5) is 46.8 Å². The van der Waals surface area contributed by atoms with Gasteiger partial charge in [-0.05, 0) is 122 Å². The maximum Gasteiger partial charge on any atom is 0.586 e. The molecular formula is C44H34BF8N4O6. The van der Waals surface area contributed by atoms with Crippen molar-refractivity contribution in [3.8, 4) is 45.3 Å². The van der Waals surface area contributed by atoms with Crippen LogP contribution in [0.2, 0.25) is 0 Å². The van der Waals surface area contributed by atoms with E-state index in [0.29, 0.717) is 39.2 Å². The zero-order chi connectivity index (χ0) is 44.2. The molecule has 2 N–H and O–H groups in total. The van der Waals surface area contributed by atoms with Crippen molar-refractivity contribution in [2.45, 2.75) is 45.8 Å². The molecule has 6 aromatic rings. The highest BCUT2D eigenvalue weighted by atomic mass is 19.3. The van der Waals surface area contributed by atoms with Crippen molar-refractivity contribution in [3.63, 3.8) is 0 Å². The summed E-state index contributed by atoms with van der Waals surface area (Å²) in [6.45, 7) is 5.39. The second-order valence-corrected chi connectivity index (χ2v) is 13.9. The maximum atomic E-state index is 13.7. The Hall–Kier alpha value is -6.89. The predicted molar refractivity (Wildman–Crippen MR) is 215 cm³/mol. The summed E-state index contributed by atoms with van der Waals surface area (Å²) in [5.41, 5.74) is 2.98. The summed E-state index contributed by atoms with van der Waals surface area (Å²) in [6.07, 6.45) is -1.93. The number of hydrogen-bond donors (Lipinski definition) is 2. The third-order valence-corrected chi connectivity index (χ3v) is 9.41. The number of nitrogens with zero attached hydrogens (tertiary/aromatic N) is 2. The molecule has 325 valence electrons. The van der Waals surface area contributed by atoms with Crippen LogP contribution in [-0.4, -0.2) is 50.1 Å². The lowest BCUT2D eigenvalue weighted by atomic mass is 10.0. The first-order valence-corrected chi connectivity index (χ1v) is 18.8. The molecule has 1 amide bonds. The molecule has 2 aromatic heterocycles. The van der Waals surface area contributed by atoms with Gasteiger partial charge in [-0.1, -0.05) is 12.1 Å². The SMILES string of the molecule is C1CCOC1.Cc1cc2c(cc1-c1ccc(NC(=O)c3c(F)cccc3F)nc1)OC(F)(F)O2.Cc1cc2c(cc1-c1ccc(NCc3c(F)cccc3F)nc1)OC(F)(F)O2.[B]. The van der Waals surface area contributed by atoms with Crippen LogP contribution in [0.25, 0.3) is 22.3 Å². The molecule has 19 heteroatoms. The summed E-state index contributed by atoms with van der Waals surface area (Å²) in [5.74, 6) is -4.03. The van der Waals surface area contributed by atoms with Gasteiger partial charge >= 0.3 is 12.6 Å². The van der Waals surface area contributed by atoms with Crippen molar-refractivity contribution in [1.82, 2.24) is 9.97 Å². The number of halogens is 8. The Morgan fingerprint density at radius 1 is 0.619 bits per heavy atom. The maximum absolute atomic E-state index is 13.7. The van der Waals surface area contributed by atoms with Gasteiger partial charge in [-0.15, -0.1) is 17.6 Å². The number of anilines is 2. The van der Waals surface area contributed by atoms with Crippen LogP contribution >= 0.6 is 0 Å². The number of nitrogens with one attached hydrogen (secondary N) is 2. The summed E-state index contributed by atoms with van der Waals surface area (Å²) in [6, 6.07) is 18.9. The molecule has 3 radical (unpaired) electrons. The van der Waals surface area contributed by atoms with Gasteiger partial charge in [0.15, 0.2) is 23.0 Å². The molecule has 0 saturated carbocycles. The molecule has 9 rings (SSSR count). The van der Waals surface area contributed by atoms with Gasteiger partial charge < -0.3 is 34.3 Å². The lowest BCUT2D eigenvalue weighted by Crippen LogP contribution is -2.25. The van der Waals surface area contributed by atoms with E-state index >= 15 is 0 Å². The van der Waals surface area contributed by atoms with Gasteiger partial charge in [-0.2, -0.15) is 0 Å². The topological polar surface area (TPSA) is 113 Å². The average Bonchev–Trinajstić information content (AvgIpc) is 3.97. The number of ether oxygens (including phenoxy) is 5. The van der Waals surface area contributed by atoms with Crippen molar-refractivity contribution in [2.24, 2.45) is 0 Å². The number of aryl methyl sites for hydroxylation is 2. The zero-order valence-corrected chi connectivity index (χ0v) is 33.2. The summed E-state index contributed by atoms with van der Waals surface area (Å²) in [4.78, 5) is 20.4. The van der Waals surface area contributed by atoms with E-state index in [2.05, 4.69) is 39.5 Å². The third kappa shape index (κ3) is 11.0. The van der Waals surface area contributed by atoms with Gasteiger partial charge in [-0.25, -0.2) is 27.5 Å². The molecule has 63 heavy (non-hydrogen) atoms. The number of alkyl halides is 4. The van der Waals surface area contributed by atoms with Crippen LogP contribution in [0.1, 0.15) is 39.9 Å². The number of benzene rings is 4. The summed E-state index contributed by atoms with van der Waals surface area (Å²) in [7, 11) is 0. The van der Waals surface area contributed by atoms with Crippen LogP contribution in [0.15, 0.2) is 97.3 Å². The molecule has 1 fully saturated rings. The molecule has 0 aliphatic carbocycles. The Bertz CT molecular complexity index is 2550. The number of aromatic nitrogens is 2. The van der Waals surface area contributed by atoms with Gasteiger partial charge in [0, 0.05) is 57.3 Å². The molecule has 0 atom stereocenters. The predicted octanol–water partition coefficient (Wildman–Crippen LogP) is 10.6. The van der Waals surface area contributed by atoms with Gasteiger partial charge in [0.2, 0.25) is 0 Å². The number of fused-ring (bicyclic) bond motifs is 2. The Labute approximate surface area is 356 Å².